The molecule has 0 bridgehead atoms. The second kappa shape index (κ2) is 8.30. The van der Waals surface area contributed by atoms with Gasteiger partial charge in [0.15, 0.2) is 0 Å². The maximum Gasteiger partial charge on any atom is 0.333 e. The molecule has 23 heavy (non-hydrogen) atoms. The molecule has 0 saturated heterocycles. The maximum atomic E-state index is 11.9. The van der Waals surface area contributed by atoms with Gasteiger partial charge in [0, 0.05) is 5.57 Å². The van der Waals surface area contributed by atoms with Crippen LogP contribution in [0.2, 0.25) is 0 Å². The fourth-order valence-electron chi connectivity index (χ4n) is 2.43. The predicted molar refractivity (Wildman–Crippen MR) is 76.3 cm³/mol. The Morgan fingerprint density at radius 1 is 0.913 bits per heavy atom. The number of ether oxygens (including phenoxy) is 2. The number of esters is 2. The normalized spacial score (nSPS) is 23.6. The summed E-state index contributed by atoms with van der Waals surface area (Å²) in [5.41, 5.74) is 0.220. The van der Waals surface area contributed by atoms with Gasteiger partial charge in [-0.05, 0) is 26.2 Å². The van der Waals surface area contributed by atoms with E-state index >= 15 is 0 Å². The van der Waals surface area contributed by atoms with Crippen molar-refractivity contribution in [2.45, 2.75) is 26.2 Å². The molecule has 1 rings (SSSR count). The largest absolute Gasteiger partial charge is 0.481 e. The molecule has 0 amide bonds. The zero-order chi connectivity index (χ0) is 17.6. The van der Waals surface area contributed by atoms with Gasteiger partial charge in [0.05, 0.1) is 17.8 Å². The monoisotopic (exact) mass is 328 g/mol. The van der Waals surface area contributed by atoms with Gasteiger partial charge >= 0.3 is 23.9 Å². The van der Waals surface area contributed by atoms with Crippen LogP contribution in [0.15, 0.2) is 12.2 Å². The van der Waals surface area contributed by atoms with Gasteiger partial charge in [0.25, 0.3) is 0 Å². The first-order valence-electron chi connectivity index (χ1n) is 7.17. The minimum Gasteiger partial charge on any atom is -0.481 e. The van der Waals surface area contributed by atoms with Crippen molar-refractivity contribution < 1.29 is 38.9 Å². The maximum absolute atomic E-state index is 11.9. The third-order valence-electron chi connectivity index (χ3n) is 3.65. The standard InChI is InChI=1S/C15H20O8/c1-8(2)14(20)22-3-4-23-15(21)11-6-9(12(16)17)5-10(7-11)13(18)19/h9-11H,1,3-7H2,2H3,(H,16,17)(H,18,19). The highest BCUT2D eigenvalue weighted by molar-refractivity contribution is 5.86. The quantitative estimate of drug-likeness (QED) is 0.400. The van der Waals surface area contributed by atoms with Crippen LogP contribution in [-0.4, -0.2) is 47.3 Å². The second-order valence-electron chi connectivity index (χ2n) is 5.56. The molecule has 0 radical (unpaired) electrons. The Balaban J connectivity index is 2.50. The molecule has 0 aromatic carbocycles. The number of carboxylic acids is 2. The summed E-state index contributed by atoms with van der Waals surface area (Å²) in [6.07, 6.45) is 0.0949. The van der Waals surface area contributed by atoms with E-state index in [2.05, 4.69) is 6.58 Å². The highest BCUT2D eigenvalue weighted by Crippen LogP contribution is 2.34. The van der Waals surface area contributed by atoms with E-state index in [1.165, 1.54) is 6.92 Å². The number of hydrogen-bond donors (Lipinski definition) is 2. The Labute approximate surface area is 133 Å². The number of carboxylic acid groups (broad SMARTS) is 2. The molecular weight excluding hydrogens is 308 g/mol. The van der Waals surface area contributed by atoms with Gasteiger partial charge in [-0.2, -0.15) is 0 Å². The summed E-state index contributed by atoms with van der Waals surface area (Å²) in [6, 6.07) is 0. The minimum atomic E-state index is -1.12. The molecule has 1 aliphatic carbocycles. The summed E-state index contributed by atoms with van der Waals surface area (Å²) >= 11 is 0. The molecular formula is C15H20O8. The summed E-state index contributed by atoms with van der Waals surface area (Å²) in [6.45, 7) is 4.56. The third-order valence-corrected chi connectivity index (χ3v) is 3.65. The molecule has 8 nitrogen and oxygen atoms in total. The zero-order valence-electron chi connectivity index (χ0n) is 12.8. The predicted octanol–water partition coefficient (Wildman–Crippen LogP) is 0.851. The number of carbonyl (C=O) groups excluding carboxylic acids is 2. The van der Waals surface area contributed by atoms with E-state index in [0.717, 1.165) is 0 Å². The van der Waals surface area contributed by atoms with Gasteiger partial charge in [0.2, 0.25) is 0 Å². The molecule has 2 atom stereocenters. The summed E-state index contributed by atoms with van der Waals surface area (Å²) in [4.78, 5) is 45.2. The van der Waals surface area contributed by atoms with Gasteiger partial charge < -0.3 is 19.7 Å². The van der Waals surface area contributed by atoms with Crippen LogP contribution < -0.4 is 0 Å². The second-order valence-corrected chi connectivity index (χ2v) is 5.56. The first-order valence-corrected chi connectivity index (χ1v) is 7.17. The van der Waals surface area contributed by atoms with Crippen molar-refractivity contribution in [3.63, 3.8) is 0 Å². The Kier molecular flexibility index (Phi) is 6.74. The highest BCUT2D eigenvalue weighted by Gasteiger charge is 2.39. The SMILES string of the molecule is C=C(C)C(=O)OCCOC(=O)C1CC(C(=O)O)CC(C(=O)O)C1. The molecule has 128 valence electrons. The van der Waals surface area contributed by atoms with Crippen LogP contribution in [-0.2, 0) is 28.7 Å². The van der Waals surface area contributed by atoms with Crippen molar-refractivity contribution in [1.29, 1.82) is 0 Å². The molecule has 0 aliphatic heterocycles. The zero-order valence-corrected chi connectivity index (χ0v) is 12.8. The highest BCUT2D eigenvalue weighted by atomic mass is 16.6. The molecule has 0 aromatic rings. The molecule has 1 aliphatic rings. The average molecular weight is 328 g/mol. The lowest BCUT2D eigenvalue weighted by Gasteiger charge is -2.29. The Morgan fingerprint density at radius 3 is 1.78 bits per heavy atom. The Bertz CT molecular complexity index is 488. The van der Waals surface area contributed by atoms with E-state index in [1.54, 1.807) is 0 Å². The smallest absolute Gasteiger partial charge is 0.333 e. The van der Waals surface area contributed by atoms with Crippen molar-refractivity contribution in [3.8, 4) is 0 Å². The van der Waals surface area contributed by atoms with Crippen molar-refractivity contribution in [3.05, 3.63) is 12.2 Å². The molecule has 8 heteroatoms. The van der Waals surface area contributed by atoms with Gasteiger partial charge in [-0.3, -0.25) is 14.4 Å². The molecule has 0 heterocycles. The van der Waals surface area contributed by atoms with Crippen molar-refractivity contribution in [2.75, 3.05) is 13.2 Å². The van der Waals surface area contributed by atoms with Gasteiger partial charge in [0.1, 0.15) is 13.2 Å². The molecule has 0 spiro atoms. The van der Waals surface area contributed by atoms with Crippen LogP contribution in [0.5, 0.6) is 0 Å². The van der Waals surface area contributed by atoms with E-state index in [4.69, 9.17) is 19.7 Å². The third kappa shape index (κ3) is 5.72. The van der Waals surface area contributed by atoms with Crippen LogP contribution in [0, 0.1) is 17.8 Å². The van der Waals surface area contributed by atoms with E-state index in [-0.39, 0.29) is 38.0 Å². The van der Waals surface area contributed by atoms with E-state index in [9.17, 15) is 19.2 Å². The van der Waals surface area contributed by atoms with Crippen LogP contribution in [0.4, 0.5) is 0 Å². The van der Waals surface area contributed by atoms with Gasteiger partial charge in [-0.1, -0.05) is 6.58 Å². The lowest BCUT2D eigenvalue weighted by molar-refractivity contribution is -0.159. The van der Waals surface area contributed by atoms with Crippen LogP contribution in [0.1, 0.15) is 26.2 Å². The first kappa shape index (κ1) is 18.7. The first-order chi connectivity index (χ1) is 10.7. The lowest BCUT2D eigenvalue weighted by atomic mass is 9.75. The Hall–Kier alpha value is -2.38. The molecule has 1 saturated carbocycles. The summed E-state index contributed by atoms with van der Waals surface area (Å²) in [7, 11) is 0. The Morgan fingerprint density at radius 2 is 1.35 bits per heavy atom. The molecule has 2 unspecified atom stereocenters. The lowest BCUT2D eigenvalue weighted by Crippen LogP contribution is -2.36. The van der Waals surface area contributed by atoms with Gasteiger partial charge in [-0.15, -0.1) is 0 Å². The summed E-state index contributed by atoms with van der Waals surface area (Å²) in [5.74, 6) is -6.08. The fraction of sp³-hybridized carbons (Fsp3) is 0.600. The molecule has 0 aromatic heterocycles. The van der Waals surface area contributed by atoms with Crippen molar-refractivity contribution >= 4 is 23.9 Å². The van der Waals surface area contributed by atoms with Crippen molar-refractivity contribution in [2.24, 2.45) is 17.8 Å². The number of aliphatic carboxylic acids is 2. The fourth-order valence-corrected chi connectivity index (χ4v) is 2.43. The molecule has 1 fully saturated rings. The minimum absolute atomic E-state index is 0.00463. The van der Waals surface area contributed by atoms with Crippen molar-refractivity contribution in [1.82, 2.24) is 0 Å². The number of hydrogen-bond acceptors (Lipinski definition) is 6. The number of carbonyl (C=O) groups is 4. The topological polar surface area (TPSA) is 127 Å². The van der Waals surface area contributed by atoms with Gasteiger partial charge in [-0.25, -0.2) is 4.79 Å². The number of rotatable bonds is 7. The van der Waals surface area contributed by atoms with Crippen LogP contribution >= 0.6 is 0 Å². The van der Waals surface area contributed by atoms with E-state index in [0.29, 0.717) is 0 Å². The summed E-state index contributed by atoms with van der Waals surface area (Å²) in [5, 5.41) is 18.1. The molecule has 2 N–H and O–H groups in total. The van der Waals surface area contributed by atoms with E-state index in [1.807, 2.05) is 0 Å². The summed E-state index contributed by atoms with van der Waals surface area (Å²) < 4.78 is 9.69. The van der Waals surface area contributed by atoms with Crippen LogP contribution in [0.3, 0.4) is 0 Å². The van der Waals surface area contributed by atoms with Crippen LogP contribution in [0.25, 0.3) is 0 Å². The average Bonchev–Trinajstić information content (AvgIpc) is 2.50. The van der Waals surface area contributed by atoms with E-state index < -0.39 is 41.6 Å².